The molecule has 1 amide bonds. The Labute approximate surface area is 188 Å². The molecule has 0 saturated carbocycles. The summed E-state index contributed by atoms with van der Waals surface area (Å²) < 4.78 is 12.3. The fraction of sp³-hybridized carbons (Fsp3) is 0.375. The van der Waals surface area contributed by atoms with Crippen molar-refractivity contribution in [3.63, 3.8) is 0 Å². The second-order valence-corrected chi connectivity index (χ2v) is 7.60. The van der Waals surface area contributed by atoms with E-state index in [4.69, 9.17) is 9.47 Å². The molecule has 2 aromatic carbocycles. The lowest BCUT2D eigenvalue weighted by Gasteiger charge is -2.19. The number of rotatable bonds is 10. The standard InChI is InChI=1S/C24H30N4O4/c1-5-13-27(14-6-2)16-28-19-10-8-7-9-18(19)22(24(28)30)25-26-23(29)17-11-12-20(31-3)21(15-17)32-4/h7-12,15,30H,5-6,13-14,16H2,1-4H3/p+1. The van der Waals surface area contributed by atoms with Gasteiger partial charge in [-0.05, 0) is 37.1 Å². The number of hydrogen-bond donors (Lipinski definition) is 2. The highest BCUT2D eigenvalue weighted by molar-refractivity contribution is 5.97. The molecule has 3 rings (SSSR count). The number of hydrogen-bond acceptors (Lipinski definition) is 5. The van der Waals surface area contributed by atoms with Crippen molar-refractivity contribution in [2.75, 3.05) is 27.3 Å². The molecule has 0 fully saturated rings. The van der Waals surface area contributed by atoms with E-state index in [2.05, 4.69) is 24.1 Å². The van der Waals surface area contributed by atoms with Crippen LogP contribution in [0.2, 0.25) is 0 Å². The van der Waals surface area contributed by atoms with Crippen LogP contribution >= 0.6 is 0 Å². The van der Waals surface area contributed by atoms with Gasteiger partial charge in [0.15, 0.2) is 23.9 Å². The van der Waals surface area contributed by atoms with Crippen LogP contribution in [0.1, 0.15) is 37.0 Å². The number of benzene rings is 2. The fourth-order valence-electron chi connectivity index (χ4n) is 3.87. The Balaban J connectivity index is 1.94. The van der Waals surface area contributed by atoms with E-state index in [1.54, 1.807) is 18.2 Å². The number of aromatic nitrogens is 1. The maximum Gasteiger partial charge on any atom is 0.295 e. The summed E-state index contributed by atoms with van der Waals surface area (Å²) in [6.07, 6.45) is 2.11. The van der Waals surface area contributed by atoms with Gasteiger partial charge in [-0.3, -0.25) is 9.36 Å². The van der Waals surface area contributed by atoms with Gasteiger partial charge in [0.2, 0.25) is 5.88 Å². The van der Waals surface area contributed by atoms with Crippen molar-refractivity contribution in [2.45, 2.75) is 33.4 Å². The Bertz CT molecular complexity index is 1100. The highest BCUT2D eigenvalue weighted by Gasteiger charge is 2.20. The summed E-state index contributed by atoms with van der Waals surface area (Å²) in [4.78, 5) is 14.0. The summed E-state index contributed by atoms with van der Waals surface area (Å²) in [7, 11) is 3.03. The van der Waals surface area contributed by atoms with E-state index in [0.29, 0.717) is 29.4 Å². The van der Waals surface area contributed by atoms with Crippen molar-refractivity contribution in [3.05, 3.63) is 48.0 Å². The van der Waals surface area contributed by atoms with E-state index >= 15 is 0 Å². The van der Waals surface area contributed by atoms with E-state index in [1.807, 2.05) is 28.8 Å². The first kappa shape index (κ1) is 23.3. The van der Waals surface area contributed by atoms with Crippen LogP contribution in [0.25, 0.3) is 10.9 Å². The molecule has 0 aliphatic rings. The quantitative estimate of drug-likeness (QED) is 0.468. The minimum Gasteiger partial charge on any atom is -0.493 e. The Morgan fingerprint density at radius 1 is 1.03 bits per heavy atom. The Morgan fingerprint density at radius 2 is 1.72 bits per heavy atom. The monoisotopic (exact) mass is 439 g/mol. The molecule has 8 nitrogen and oxygen atoms in total. The third-order valence-corrected chi connectivity index (χ3v) is 5.38. The molecule has 1 aromatic heterocycles. The zero-order valence-electron chi connectivity index (χ0n) is 19.1. The van der Waals surface area contributed by atoms with Crippen LogP contribution in [0.5, 0.6) is 17.4 Å². The molecular formula is C24H31N4O4+. The van der Waals surface area contributed by atoms with Crippen LogP contribution in [-0.4, -0.2) is 42.9 Å². The molecule has 3 aromatic rings. The van der Waals surface area contributed by atoms with Crippen molar-refractivity contribution >= 4 is 22.5 Å². The topological polar surface area (TPSA) is 89.9 Å². The van der Waals surface area contributed by atoms with E-state index < -0.39 is 5.91 Å². The number of aromatic hydroxyl groups is 1. The zero-order valence-corrected chi connectivity index (χ0v) is 19.1. The first-order chi connectivity index (χ1) is 15.5. The Hall–Kier alpha value is -3.39. The second kappa shape index (κ2) is 10.8. The average molecular weight is 440 g/mol. The van der Waals surface area contributed by atoms with Gasteiger partial charge in [0.05, 0.1) is 32.8 Å². The van der Waals surface area contributed by atoms with Gasteiger partial charge in [-0.25, -0.2) is 0 Å². The molecule has 170 valence electrons. The number of carbonyl (C=O) groups excluding carboxylic acids is 1. The lowest BCUT2D eigenvalue weighted by Crippen LogP contribution is -3.11. The number of methoxy groups -OCH3 is 2. The summed E-state index contributed by atoms with van der Waals surface area (Å²) in [6.45, 7) is 6.95. The average Bonchev–Trinajstić information content (AvgIpc) is 3.08. The van der Waals surface area contributed by atoms with Gasteiger partial charge in [0.1, 0.15) is 0 Å². The van der Waals surface area contributed by atoms with Crippen LogP contribution in [0, 0.1) is 0 Å². The van der Waals surface area contributed by atoms with Crippen LogP contribution < -0.4 is 14.4 Å². The molecule has 1 heterocycles. The van der Waals surface area contributed by atoms with Gasteiger partial charge < -0.3 is 19.5 Å². The number of amides is 1. The van der Waals surface area contributed by atoms with Gasteiger partial charge in [0, 0.05) is 10.9 Å². The fourth-order valence-corrected chi connectivity index (χ4v) is 3.87. The number of quaternary nitrogens is 1. The summed E-state index contributed by atoms with van der Waals surface area (Å²) in [5, 5.41) is 19.8. The minimum absolute atomic E-state index is 0.0137. The molecule has 0 radical (unpaired) electrons. The Kier molecular flexibility index (Phi) is 7.83. The van der Waals surface area contributed by atoms with Gasteiger partial charge in [-0.1, -0.05) is 32.0 Å². The minimum atomic E-state index is -0.536. The highest BCUT2D eigenvalue weighted by atomic mass is 16.5. The zero-order chi connectivity index (χ0) is 23.1. The van der Waals surface area contributed by atoms with Crippen LogP contribution in [0.15, 0.2) is 52.7 Å². The van der Waals surface area contributed by atoms with Crippen molar-refractivity contribution in [1.82, 2.24) is 4.57 Å². The van der Waals surface area contributed by atoms with Crippen LogP contribution in [0.4, 0.5) is 5.69 Å². The molecule has 0 atom stereocenters. The highest BCUT2D eigenvalue weighted by Crippen LogP contribution is 2.38. The largest absolute Gasteiger partial charge is 0.493 e. The normalized spacial score (nSPS) is 11.5. The lowest BCUT2D eigenvalue weighted by molar-refractivity contribution is -0.922. The summed E-state index contributed by atoms with van der Waals surface area (Å²) >= 11 is 0. The third-order valence-electron chi connectivity index (χ3n) is 5.38. The number of azo groups is 1. The third kappa shape index (κ3) is 4.91. The van der Waals surface area contributed by atoms with E-state index in [-0.39, 0.29) is 5.88 Å². The summed E-state index contributed by atoms with van der Waals surface area (Å²) in [6, 6.07) is 12.4. The summed E-state index contributed by atoms with van der Waals surface area (Å²) in [5.41, 5.74) is 1.47. The molecular weight excluding hydrogens is 408 g/mol. The van der Waals surface area contributed by atoms with Crippen LogP contribution in [0.3, 0.4) is 0 Å². The molecule has 0 bridgehead atoms. The second-order valence-electron chi connectivity index (χ2n) is 7.60. The maximum absolute atomic E-state index is 12.6. The van der Waals surface area contributed by atoms with E-state index in [0.717, 1.165) is 36.8 Å². The van der Waals surface area contributed by atoms with Crippen LogP contribution in [-0.2, 0) is 6.67 Å². The van der Waals surface area contributed by atoms with Crippen molar-refractivity contribution in [3.8, 4) is 17.4 Å². The van der Waals surface area contributed by atoms with Gasteiger partial charge in [-0.2, -0.15) is 0 Å². The molecule has 0 aliphatic carbocycles. The van der Waals surface area contributed by atoms with Gasteiger partial charge in [-0.15, -0.1) is 10.2 Å². The number of para-hydroxylation sites is 1. The van der Waals surface area contributed by atoms with E-state index in [1.165, 1.54) is 19.1 Å². The van der Waals surface area contributed by atoms with Gasteiger partial charge in [0.25, 0.3) is 5.91 Å². The SMILES string of the molecule is CCC[NH+](CCC)Cn1c(O)c(N=NC(=O)c2ccc(OC)c(OC)c2)c2ccccc21. The molecule has 0 spiro atoms. The molecule has 0 unspecified atom stereocenters. The molecule has 8 heteroatoms. The first-order valence-electron chi connectivity index (χ1n) is 10.9. The first-order valence-corrected chi connectivity index (χ1v) is 10.9. The number of fused-ring (bicyclic) bond motifs is 1. The lowest BCUT2D eigenvalue weighted by atomic mass is 10.2. The molecule has 32 heavy (non-hydrogen) atoms. The molecule has 0 saturated heterocycles. The maximum atomic E-state index is 12.6. The molecule has 2 N–H and O–H groups in total. The van der Waals surface area contributed by atoms with Crippen molar-refractivity contribution in [2.24, 2.45) is 10.2 Å². The molecule has 0 aliphatic heterocycles. The van der Waals surface area contributed by atoms with Crippen molar-refractivity contribution < 1.29 is 24.3 Å². The smallest absolute Gasteiger partial charge is 0.295 e. The predicted molar refractivity (Wildman–Crippen MR) is 123 cm³/mol. The Morgan fingerprint density at radius 3 is 2.38 bits per heavy atom. The predicted octanol–water partition coefficient (Wildman–Crippen LogP) is 3.95. The van der Waals surface area contributed by atoms with E-state index in [9.17, 15) is 9.90 Å². The number of nitrogens with zero attached hydrogens (tertiary/aromatic N) is 3. The number of carbonyl (C=O) groups is 1. The van der Waals surface area contributed by atoms with Gasteiger partial charge >= 0.3 is 0 Å². The number of ether oxygens (including phenoxy) is 2. The number of nitrogens with one attached hydrogen (secondary N) is 1. The van der Waals surface area contributed by atoms with Crippen molar-refractivity contribution in [1.29, 1.82) is 0 Å². The summed E-state index contributed by atoms with van der Waals surface area (Å²) in [5.74, 6) is 0.432.